The van der Waals surface area contributed by atoms with E-state index in [-0.39, 0.29) is 11.8 Å². The molecular weight excluding hydrogens is 340 g/mol. The van der Waals surface area contributed by atoms with Gasteiger partial charge in [-0.3, -0.25) is 4.79 Å². The number of esters is 1. The molecule has 1 aromatic heterocycles. The van der Waals surface area contributed by atoms with E-state index < -0.39 is 0 Å². The fourth-order valence-corrected chi connectivity index (χ4v) is 3.64. The molecule has 0 fully saturated rings. The highest BCUT2D eigenvalue weighted by Gasteiger charge is 2.23. The van der Waals surface area contributed by atoms with E-state index in [1.165, 1.54) is 6.20 Å². The van der Waals surface area contributed by atoms with Crippen LogP contribution in [-0.4, -0.2) is 28.1 Å². The van der Waals surface area contributed by atoms with Crippen LogP contribution in [0.4, 0.5) is 0 Å². The van der Waals surface area contributed by atoms with Crippen LogP contribution in [-0.2, 0) is 11.2 Å². The SMILES string of the molecule is CCOC(=O)c1cnn(-c2cccc(-c3cccc4c3C(=O)CC4)c2)c1C. The van der Waals surface area contributed by atoms with Crippen LogP contribution < -0.4 is 0 Å². The molecule has 136 valence electrons. The molecule has 0 unspecified atom stereocenters. The summed E-state index contributed by atoms with van der Waals surface area (Å²) in [6.45, 7) is 3.95. The van der Waals surface area contributed by atoms with Gasteiger partial charge in [-0.2, -0.15) is 5.10 Å². The van der Waals surface area contributed by atoms with Crippen molar-refractivity contribution in [3.05, 3.63) is 71.0 Å². The Balaban J connectivity index is 1.77. The maximum Gasteiger partial charge on any atom is 0.341 e. The van der Waals surface area contributed by atoms with Gasteiger partial charge in [0.05, 0.1) is 24.2 Å². The Morgan fingerprint density at radius 2 is 2.00 bits per heavy atom. The minimum atomic E-state index is -0.371. The number of nitrogens with zero attached hydrogens (tertiary/aromatic N) is 2. The van der Waals surface area contributed by atoms with E-state index in [0.717, 1.165) is 40.1 Å². The highest BCUT2D eigenvalue weighted by Crippen LogP contribution is 2.33. The van der Waals surface area contributed by atoms with Gasteiger partial charge in [-0.15, -0.1) is 0 Å². The van der Waals surface area contributed by atoms with E-state index in [2.05, 4.69) is 5.10 Å². The first-order chi connectivity index (χ1) is 13.1. The molecule has 4 rings (SSSR count). The molecule has 1 heterocycles. The molecule has 5 nitrogen and oxygen atoms in total. The van der Waals surface area contributed by atoms with Gasteiger partial charge >= 0.3 is 5.97 Å². The Morgan fingerprint density at radius 3 is 2.81 bits per heavy atom. The highest BCUT2D eigenvalue weighted by atomic mass is 16.5. The minimum Gasteiger partial charge on any atom is -0.462 e. The average molecular weight is 360 g/mol. The van der Waals surface area contributed by atoms with Gasteiger partial charge in [0.25, 0.3) is 0 Å². The fourth-order valence-electron chi connectivity index (χ4n) is 3.64. The Bertz CT molecular complexity index is 1050. The molecule has 0 spiro atoms. The van der Waals surface area contributed by atoms with Crippen LogP contribution >= 0.6 is 0 Å². The van der Waals surface area contributed by atoms with Gasteiger partial charge in [-0.05, 0) is 49.1 Å². The highest BCUT2D eigenvalue weighted by molar-refractivity contribution is 6.06. The van der Waals surface area contributed by atoms with Crippen molar-refractivity contribution in [3.8, 4) is 16.8 Å². The molecule has 0 saturated carbocycles. The van der Waals surface area contributed by atoms with Crippen LogP contribution in [0.5, 0.6) is 0 Å². The van der Waals surface area contributed by atoms with E-state index in [9.17, 15) is 9.59 Å². The van der Waals surface area contributed by atoms with Crippen LogP contribution in [0.1, 0.15) is 45.3 Å². The van der Waals surface area contributed by atoms with Crippen molar-refractivity contribution in [2.75, 3.05) is 6.61 Å². The summed E-state index contributed by atoms with van der Waals surface area (Å²) in [5.41, 5.74) is 5.88. The number of carbonyl (C=O) groups is 2. The molecule has 2 aromatic carbocycles. The Labute approximate surface area is 157 Å². The largest absolute Gasteiger partial charge is 0.462 e. The third kappa shape index (κ3) is 2.95. The molecule has 27 heavy (non-hydrogen) atoms. The minimum absolute atomic E-state index is 0.200. The number of aromatic nitrogens is 2. The van der Waals surface area contributed by atoms with Crippen LogP contribution in [0.2, 0.25) is 0 Å². The number of rotatable bonds is 4. The number of Topliss-reactive ketones (excluding diaryl/α,β-unsaturated/α-hetero) is 1. The summed E-state index contributed by atoms with van der Waals surface area (Å²) in [7, 11) is 0. The van der Waals surface area contributed by atoms with Gasteiger partial charge in [-0.25, -0.2) is 9.48 Å². The average Bonchev–Trinajstić information content (AvgIpc) is 3.25. The lowest BCUT2D eigenvalue weighted by molar-refractivity contribution is 0.0525. The lowest BCUT2D eigenvalue weighted by atomic mass is 9.96. The molecule has 0 saturated heterocycles. The zero-order valence-corrected chi connectivity index (χ0v) is 15.4. The second kappa shape index (κ2) is 6.83. The molecule has 1 aliphatic carbocycles. The van der Waals surface area contributed by atoms with E-state index in [1.54, 1.807) is 11.6 Å². The number of ketones is 1. The zero-order chi connectivity index (χ0) is 19.0. The van der Waals surface area contributed by atoms with Gasteiger partial charge in [-0.1, -0.05) is 30.3 Å². The number of ether oxygens (including phenoxy) is 1. The Kier molecular flexibility index (Phi) is 4.36. The predicted octanol–water partition coefficient (Wildman–Crippen LogP) is 4.15. The van der Waals surface area contributed by atoms with Gasteiger partial charge in [0, 0.05) is 12.0 Å². The molecule has 0 N–H and O–H groups in total. The maximum atomic E-state index is 12.3. The quantitative estimate of drug-likeness (QED) is 0.656. The molecule has 0 amide bonds. The van der Waals surface area contributed by atoms with Gasteiger partial charge < -0.3 is 4.74 Å². The van der Waals surface area contributed by atoms with Crippen LogP contribution in [0.3, 0.4) is 0 Å². The summed E-state index contributed by atoms with van der Waals surface area (Å²) in [5.74, 6) is -0.172. The second-order valence-corrected chi connectivity index (χ2v) is 6.59. The van der Waals surface area contributed by atoms with Crippen molar-refractivity contribution in [1.29, 1.82) is 0 Å². The van der Waals surface area contributed by atoms with Crippen molar-refractivity contribution in [2.24, 2.45) is 0 Å². The van der Waals surface area contributed by atoms with Gasteiger partial charge in [0.15, 0.2) is 5.78 Å². The summed E-state index contributed by atoms with van der Waals surface area (Å²) < 4.78 is 6.81. The Morgan fingerprint density at radius 1 is 1.19 bits per heavy atom. The predicted molar refractivity (Wildman–Crippen MR) is 102 cm³/mol. The van der Waals surface area contributed by atoms with Crippen molar-refractivity contribution < 1.29 is 14.3 Å². The first-order valence-corrected chi connectivity index (χ1v) is 9.07. The summed E-state index contributed by atoms with van der Waals surface area (Å²) in [4.78, 5) is 24.4. The lowest BCUT2D eigenvalue weighted by Crippen LogP contribution is -2.07. The van der Waals surface area contributed by atoms with Crippen molar-refractivity contribution in [3.63, 3.8) is 0 Å². The summed E-state index contributed by atoms with van der Waals surface area (Å²) >= 11 is 0. The number of benzene rings is 2. The first-order valence-electron chi connectivity index (χ1n) is 9.07. The first kappa shape index (κ1) is 17.2. The Hall–Kier alpha value is -3.21. The van der Waals surface area contributed by atoms with E-state index >= 15 is 0 Å². The third-order valence-electron chi connectivity index (χ3n) is 4.96. The van der Waals surface area contributed by atoms with Crippen molar-refractivity contribution >= 4 is 11.8 Å². The maximum absolute atomic E-state index is 12.3. The van der Waals surface area contributed by atoms with E-state index in [1.807, 2.05) is 49.4 Å². The third-order valence-corrected chi connectivity index (χ3v) is 4.96. The van der Waals surface area contributed by atoms with Gasteiger partial charge in [0.1, 0.15) is 5.56 Å². The van der Waals surface area contributed by atoms with Crippen molar-refractivity contribution in [2.45, 2.75) is 26.7 Å². The van der Waals surface area contributed by atoms with E-state index in [4.69, 9.17) is 4.74 Å². The number of fused-ring (bicyclic) bond motifs is 1. The number of carbonyl (C=O) groups excluding carboxylic acids is 2. The van der Waals surface area contributed by atoms with Crippen LogP contribution in [0, 0.1) is 6.92 Å². The smallest absolute Gasteiger partial charge is 0.341 e. The molecular formula is C22H20N2O3. The van der Waals surface area contributed by atoms with Crippen molar-refractivity contribution in [1.82, 2.24) is 9.78 Å². The second-order valence-electron chi connectivity index (χ2n) is 6.59. The van der Waals surface area contributed by atoms with E-state index in [0.29, 0.717) is 18.6 Å². The topological polar surface area (TPSA) is 61.2 Å². The number of aryl methyl sites for hydroxylation is 1. The molecule has 3 aromatic rings. The normalized spacial score (nSPS) is 12.9. The molecule has 0 atom stereocenters. The number of hydrogen-bond acceptors (Lipinski definition) is 4. The number of hydrogen-bond donors (Lipinski definition) is 0. The zero-order valence-electron chi connectivity index (χ0n) is 15.4. The van der Waals surface area contributed by atoms with Crippen LogP contribution in [0.15, 0.2) is 48.7 Å². The summed E-state index contributed by atoms with van der Waals surface area (Å²) in [6, 6.07) is 13.9. The molecule has 1 aliphatic rings. The monoisotopic (exact) mass is 360 g/mol. The molecule has 5 heteroatoms. The van der Waals surface area contributed by atoms with Gasteiger partial charge in [0.2, 0.25) is 0 Å². The summed E-state index contributed by atoms with van der Waals surface area (Å²) in [5, 5.41) is 4.36. The summed E-state index contributed by atoms with van der Waals surface area (Å²) in [6.07, 6.45) is 2.92. The lowest BCUT2D eigenvalue weighted by Gasteiger charge is -2.11. The molecule has 0 bridgehead atoms. The van der Waals surface area contributed by atoms with Crippen LogP contribution in [0.25, 0.3) is 16.8 Å². The fraction of sp³-hybridized carbons (Fsp3) is 0.227. The molecule has 0 aliphatic heterocycles. The molecule has 0 radical (unpaired) electrons. The standard InChI is InChI=1S/C22H20N2O3/c1-3-27-22(26)19-13-23-24(14(19)2)17-8-4-7-16(12-17)18-9-5-6-15-10-11-20(25)21(15)18/h4-9,12-13H,3,10-11H2,1-2H3.